The van der Waals surface area contributed by atoms with Crippen LogP contribution in [0.4, 0.5) is 0 Å². The van der Waals surface area contributed by atoms with E-state index in [4.69, 9.17) is 5.73 Å². The van der Waals surface area contributed by atoms with Gasteiger partial charge in [0.25, 0.3) is 0 Å². The Labute approximate surface area is 107 Å². The van der Waals surface area contributed by atoms with Gasteiger partial charge in [-0.15, -0.1) is 0 Å². The van der Waals surface area contributed by atoms with E-state index < -0.39 is 6.04 Å². The maximum absolute atomic E-state index is 12.1. The first kappa shape index (κ1) is 12.7. The molecule has 0 aliphatic carbocycles. The van der Waals surface area contributed by atoms with Crippen LogP contribution in [0.2, 0.25) is 0 Å². The second kappa shape index (κ2) is 5.27. The molecular weight excluding hydrogens is 224 g/mol. The Morgan fingerprint density at radius 1 is 1.33 bits per heavy atom. The highest BCUT2D eigenvalue weighted by Crippen LogP contribution is 2.16. The lowest BCUT2D eigenvalue weighted by Crippen LogP contribution is -2.30. The van der Waals surface area contributed by atoms with Crippen LogP contribution < -0.4 is 5.73 Å². The third-order valence-corrected chi connectivity index (χ3v) is 3.05. The highest BCUT2D eigenvalue weighted by molar-refractivity contribution is 6.02. The molecule has 2 N–H and O–H groups in total. The summed E-state index contributed by atoms with van der Waals surface area (Å²) in [5.74, 6) is 0.0133. The molecule has 1 unspecified atom stereocenters. The van der Waals surface area contributed by atoms with Crippen molar-refractivity contribution in [3.05, 3.63) is 41.6 Å². The van der Waals surface area contributed by atoms with Crippen molar-refractivity contribution in [1.82, 2.24) is 4.98 Å². The molecule has 0 fully saturated rings. The number of carbonyl (C=O) groups excluding carboxylic acids is 1. The summed E-state index contributed by atoms with van der Waals surface area (Å²) in [5, 5.41) is 0.982. The SMILES string of the molecule is CCCC(N)C(=O)c1ccc2nc(C)ccc2c1. The van der Waals surface area contributed by atoms with Crippen LogP contribution in [-0.4, -0.2) is 16.8 Å². The molecule has 0 saturated heterocycles. The number of hydrogen-bond donors (Lipinski definition) is 1. The molecule has 1 heterocycles. The lowest BCUT2D eigenvalue weighted by atomic mass is 10.00. The smallest absolute Gasteiger partial charge is 0.179 e. The Kier molecular flexibility index (Phi) is 3.72. The fourth-order valence-electron chi connectivity index (χ4n) is 2.04. The first-order chi connectivity index (χ1) is 8.61. The van der Waals surface area contributed by atoms with Crippen molar-refractivity contribution >= 4 is 16.7 Å². The predicted octanol–water partition coefficient (Wildman–Crippen LogP) is 2.85. The van der Waals surface area contributed by atoms with Crippen LogP contribution in [0.5, 0.6) is 0 Å². The number of benzene rings is 1. The van der Waals surface area contributed by atoms with E-state index in [0.717, 1.165) is 29.4 Å². The molecule has 0 amide bonds. The fraction of sp³-hybridized carbons (Fsp3) is 0.333. The first-order valence-electron chi connectivity index (χ1n) is 6.29. The van der Waals surface area contributed by atoms with Crippen molar-refractivity contribution in [2.75, 3.05) is 0 Å². The second-order valence-electron chi connectivity index (χ2n) is 4.62. The van der Waals surface area contributed by atoms with Crippen LogP contribution in [0.1, 0.15) is 35.8 Å². The Balaban J connectivity index is 2.35. The van der Waals surface area contributed by atoms with Gasteiger partial charge >= 0.3 is 0 Å². The molecule has 1 aromatic carbocycles. The Morgan fingerprint density at radius 3 is 2.83 bits per heavy atom. The Hall–Kier alpha value is -1.74. The normalized spacial score (nSPS) is 12.6. The summed E-state index contributed by atoms with van der Waals surface area (Å²) < 4.78 is 0. The maximum atomic E-state index is 12.1. The maximum Gasteiger partial charge on any atom is 0.179 e. The molecule has 2 aromatic rings. The van der Waals surface area contributed by atoms with Crippen LogP contribution >= 0.6 is 0 Å². The van der Waals surface area contributed by atoms with Gasteiger partial charge in [0.2, 0.25) is 0 Å². The van der Waals surface area contributed by atoms with E-state index in [0.29, 0.717) is 5.56 Å². The lowest BCUT2D eigenvalue weighted by molar-refractivity contribution is 0.0957. The van der Waals surface area contributed by atoms with Gasteiger partial charge in [0, 0.05) is 16.6 Å². The quantitative estimate of drug-likeness (QED) is 0.839. The molecule has 0 radical (unpaired) electrons. The third kappa shape index (κ3) is 2.57. The Bertz CT molecular complexity index is 578. The van der Waals surface area contributed by atoms with E-state index in [-0.39, 0.29) is 5.78 Å². The number of hydrogen-bond acceptors (Lipinski definition) is 3. The Morgan fingerprint density at radius 2 is 2.11 bits per heavy atom. The van der Waals surface area contributed by atoms with Gasteiger partial charge in [-0.3, -0.25) is 9.78 Å². The molecule has 0 aliphatic rings. The van der Waals surface area contributed by atoms with E-state index in [9.17, 15) is 4.79 Å². The number of Topliss-reactive ketones (excluding diaryl/α,β-unsaturated/α-hetero) is 1. The highest BCUT2D eigenvalue weighted by Gasteiger charge is 2.15. The van der Waals surface area contributed by atoms with Crippen LogP contribution in [0.25, 0.3) is 10.9 Å². The first-order valence-corrected chi connectivity index (χ1v) is 6.29. The number of aromatic nitrogens is 1. The van der Waals surface area contributed by atoms with E-state index in [2.05, 4.69) is 4.98 Å². The van der Waals surface area contributed by atoms with Gasteiger partial charge in [-0.1, -0.05) is 19.4 Å². The number of aryl methyl sites for hydroxylation is 1. The van der Waals surface area contributed by atoms with Crippen LogP contribution in [-0.2, 0) is 0 Å². The molecule has 0 bridgehead atoms. The number of pyridine rings is 1. The molecule has 94 valence electrons. The number of nitrogens with two attached hydrogens (primary N) is 1. The molecule has 0 aliphatic heterocycles. The minimum Gasteiger partial charge on any atom is -0.321 e. The van der Waals surface area contributed by atoms with Gasteiger partial charge < -0.3 is 5.73 Å². The zero-order valence-corrected chi connectivity index (χ0v) is 10.8. The molecule has 3 heteroatoms. The zero-order valence-electron chi connectivity index (χ0n) is 10.8. The molecular formula is C15H18N2O. The third-order valence-electron chi connectivity index (χ3n) is 3.05. The number of rotatable bonds is 4. The summed E-state index contributed by atoms with van der Waals surface area (Å²) in [4.78, 5) is 16.5. The van der Waals surface area contributed by atoms with Crippen LogP contribution in [0.3, 0.4) is 0 Å². The van der Waals surface area contributed by atoms with Crippen molar-refractivity contribution in [2.24, 2.45) is 5.73 Å². The monoisotopic (exact) mass is 242 g/mol. The van der Waals surface area contributed by atoms with E-state index in [1.54, 1.807) is 0 Å². The summed E-state index contributed by atoms with van der Waals surface area (Å²) in [6.45, 7) is 3.98. The van der Waals surface area contributed by atoms with Crippen LogP contribution in [0, 0.1) is 6.92 Å². The number of carbonyl (C=O) groups is 1. The molecule has 0 spiro atoms. The molecule has 1 atom stereocenters. The summed E-state index contributed by atoms with van der Waals surface area (Å²) in [6.07, 6.45) is 1.64. The van der Waals surface area contributed by atoms with Gasteiger partial charge in [0.1, 0.15) is 0 Å². The number of ketones is 1. The molecule has 1 aromatic heterocycles. The van der Waals surface area contributed by atoms with Crippen molar-refractivity contribution < 1.29 is 4.79 Å². The van der Waals surface area contributed by atoms with E-state index >= 15 is 0 Å². The van der Waals surface area contributed by atoms with Crippen molar-refractivity contribution in [2.45, 2.75) is 32.7 Å². The van der Waals surface area contributed by atoms with Crippen molar-refractivity contribution in [3.8, 4) is 0 Å². The largest absolute Gasteiger partial charge is 0.321 e. The van der Waals surface area contributed by atoms with Gasteiger partial charge in [0.15, 0.2) is 5.78 Å². The average molecular weight is 242 g/mol. The minimum absolute atomic E-state index is 0.0133. The molecule has 18 heavy (non-hydrogen) atoms. The average Bonchev–Trinajstić information content (AvgIpc) is 2.37. The van der Waals surface area contributed by atoms with Crippen molar-refractivity contribution in [1.29, 1.82) is 0 Å². The van der Waals surface area contributed by atoms with Gasteiger partial charge in [-0.25, -0.2) is 0 Å². The fourth-order valence-corrected chi connectivity index (χ4v) is 2.04. The van der Waals surface area contributed by atoms with Gasteiger partial charge in [-0.2, -0.15) is 0 Å². The van der Waals surface area contributed by atoms with Gasteiger partial charge in [-0.05, 0) is 37.6 Å². The van der Waals surface area contributed by atoms with E-state index in [1.807, 2.05) is 44.2 Å². The minimum atomic E-state index is -0.397. The van der Waals surface area contributed by atoms with E-state index in [1.165, 1.54) is 0 Å². The summed E-state index contributed by atoms with van der Waals surface area (Å²) in [5.41, 5.74) is 8.43. The van der Waals surface area contributed by atoms with Gasteiger partial charge in [0.05, 0.1) is 11.6 Å². The molecule has 0 saturated carbocycles. The number of fused-ring (bicyclic) bond motifs is 1. The topological polar surface area (TPSA) is 56.0 Å². The highest BCUT2D eigenvalue weighted by atomic mass is 16.1. The second-order valence-corrected chi connectivity index (χ2v) is 4.62. The predicted molar refractivity (Wildman–Crippen MR) is 73.7 cm³/mol. The molecule has 3 nitrogen and oxygen atoms in total. The summed E-state index contributed by atoms with van der Waals surface area (Å²) in [7, 11) is 0. The number of nitrogens with zero attached hydrogens (tertiary/aromatic N) is 1. The van der Waals surface area contributed by atoms with Crippen LogP contribution in [0.15, 0.2) is 30.3 Å². The standard InChI is InChI=1S/C15H18N2O/c1-3-4-13(16)15(18)12-7-8-14-11(9-12)6-5-10(2)17-14/h5-9,13H,3-4,16H2,1-2H3. The molecule has 2 rings (SSSR count). The lowest BCUT2D eigenvalue weighted by Gasteiger charge is -2.09. The zero-order chi connectivity index (χ0) is 13.1. The van der Waals surface area contributed by atoms with Crippen molar-refractivity contribution in [3.63, 3.8) is 0 Å². The summed E-state index contributed by atoms with van der Waals surface area (Å²) in [6, 6.07) is 9.11. The summed E-state index contributed by atoms with van der Waals surface area (Å²) >= 11 is 0.